The van der Waals surface area contributed by atoms with Crippen molar-refractivity contribution in [3.05, 3.63) is 95.0 Å². The summed E-state index contributed by atoms with van der Waals surface area (Å²) in [5, 5.41) is 6.04. The third-order valence-electron chi connectivity index (χ3n) is 5.47. The van der Waals surface area contributed by atoms with Gasteiger partial charge in [-0.15, -0.1) is 0 Å². The Balaban J connectivity index is 1.86. The lowest BCUT2D eigenvalue weighted by Crippen LogP contribution is -2.47. The smallest absolute Gasteiger partial charge is 0.253 e. The number of amides is 2. The summed E-state index contributed by atoms with van der Waals surface area (Å²) in [6, 6.07) is 21.1. The van der Waals surface area contributed by atoms with Crippen LogP contribution in [-0.2, 0) is 14.8 Å². The Bertz CT molecular complexity index is 1300. The highest BCUT2D eigenvalue weighted by Crippen LogP contribution is 2.26. The lowest BCUT2D eigenvalue weighted by Gasteiger charge is -2.30. The van der Waals surface area contributed by atoms with Gasteiger partial charge in [-0.2, -0.15) is 0 Å². The largest absolute Gasteiger partial charge is 0.345 e. The molecule has 0 radical (unpaired) electrons. The summed E-state index contributed by atoms with van der Waals surface area (Å²) < 4.78 is 26.4. The van der Waals surface area contributed by atoms with E-state index in [0.717, 1.165) is 16.1 Å². The van der Waals surface area contributed by atoms with E-state index in [4.69, 9.17) is 11.6 Å². The highest BCUT2D eigenvalue weighted by Gasteiger charge is 2.32. The van der Waals surface area contributed by atoms with Crippen molar-refractivity contribution >= 4 is 44.8 Å². The monoisotopic (exact) mass is 513 g/mol. The molecule has 0 aromatic heterocycles. The molecule has 0 heterocycles. The van der Waals surface area contributed by atoms with E-state index in [-0.39, 0.29) is 35.3 Å². The van der Waals surface area contributed by atoms with Crippen LogP contribution in [0.25, 0.3) is 0 Å². The Morgan fingerprint density at radius 1 is 0.971 bits per heavy atom. The zero-order valence-corrected chi connectivity index (χ0v) is 21.3. The number of anilines is 2. The molecule has 7 nitrogen and oxygen atoms in total. The molecule has 2 unspecified atom stereocenters. The molecule has 3 aromatic rings. The van der Waals surface area contributed by atoms with Crippen LogP contribution in [0.15, 0.2) is 78.9 Å². The second-order valence-electron chi connectivity index (χ2n) is 8.10. The summed E-state index contributed by atoms with van der Waals surface area (Å²) in [6.45, 7) is 3.59. The molecule has 2 amide bonds. The zero-order chi connectivity index (χ0) is 25.6. The molecule has 0 aliphatic carbocycles. The first-order valence-corrected chi connectivity index (χ1v) is 13.3. The van der Waals surface area contributed by atoms with Crippen molar-refractivity contribution in [3.8, 4) is 0 Å². The summed E-state index contributed by atoms with van der Waals surface area (Å²) in [5.41, 5.74) is 1.78. The molecule has 0 saturated heterocycles. The second-order valence-corrected chi connectivity index (χ2v) is 10.4. The molecule has 0 aliphatic heterocycles. The maximum Gasteiger partial charge on any atom is 0.253 e. The minimum atomic E-state index is -3.82. The van der Waals surface area contributed by atoms with E-state index in [1.165, 1.54) is 6.07 Å². The minimum Gasteiger partial charge on any atom is -0.345 e. The molecule has 9 heteroatoms. The van der Waals surface area contributed by atoms with Gasteiger partial charge in [0.15, 0.2) is 0 Å². The topological polar surface area (TPSA) is 95.6 Å². The van der Waals surface area contributed by atoms with Gasteiger partial charge in [0.25, 0.3) is 5.91 Å². The average molecular weight is 514 g/mol. The fourth-order valence-corrected chi connectivity index (χ4v) is 5.17. The van der Waals surface area contributed by atoms with Crippen LogP contribution in [0.1, 0.15) is 42.2 Å². The lowest BCUT2D eigenvalue weighted by molar-refractivity contribution is -0.117. The van der Waals surface area contributed by atoms with Crippen LogP contribution in [0.5, 0.6) is 0 Å². The van der Waals surface area contributed by atoms with Gasteiger partial charge in [0, 0.05) is 5.02 Å². The van der Waals surface area contributed by atoms with E-state index in [2.05, 4.69) is 10.6 Å². The lowest BCUT2D eigenvalue weighted by atomic mass is 10.1. The van der Waals surface area contributed by atoms with E-state index in [9.17, 15) is 18.0 Å². The molecule has 3 rings (SSSR count). The van der Waals surface area contributed by atoms with Gasteiger partial charge in [-0.25, -0.2) is 8.42 Å². The van der Waals surface area contributed by atoms with Crippen LogP contribution in [0, 0.1) is 0 Å². The third kappa shape index (κ3) is 6.61. The van der Waals surface area contributed by atoms with Gasteiger partial charge < -0.3 is 10.6 Å². The molecular weight excluding hydrogens is 486 g/mol. The van der Waals surface area contributed by atoms with Crippen molar-refractivity contribution < 1.29 is 18.0 Å². The number of nitrogens with one attached hydrogen (secondary N) is 2. The van der Waals surface area contributed by atoms with Crippen molar-refractivity contribution in [3.63, 3.8) is 0 Å². The average Bonchev–Trinajstić information content (AvgIpc) is 2.82. The summed E-state index contributed by atoms with van der Waals surface area (Å²) >= 11 is 6.07. The van der Waals surface area contributed by atoms with Crippen LogP contribution in [-0.4, -0.2) is 32.5 Å². The number of rotatable bonds is 9. The van der Waals surface area contributed by atoms with Crippen molar-refractivity contribution in [2.45, 2.75) is 32.4 Å². The van der Waals surface area contributed by atoms with Crippen molar-refractivity contribution in [2.24, 2.45) is 0 Å². The molecule has 0 saturated carbocycles. The normalized spacial score (nSPS) is 12.9. The number of carbonyl (C=O) groups excluding carboxylic acids is 2. The quantitative estimate of drug-likeness (QED) is 0.420. The standard InChI is InChI=1S/C26H28ClN3O4S/c1-4-24(30(35(3,33)34)21-14-10-13-20(27)17-21)26(32)29-23-16-9-8-15-22(23)25(31)28-18(2)19-11-6-5-7-12-19/h5-18,24H,4H2,1-3H3,(H,28,31)(H,29,32). The SMILES string of the molecule is CCC(C(=O)Nc1ccccc1C(=O)NC(C)c1ccccc1)N(c1cccc(Cl)c1)S(C)(=O)=O. The predicted octanol–water partition coefficient (Wildman–Crippen LogP) is 5.01. The molecule has 35 heavy (non-hydrogen) atoms. The highest BCUT2D eigenvalue weighted by molar-refractivity contribution is 7.92. The van der Waals surface area contributed by atoms with Crippen molar-refractivity contribution in [2.75, 3.05) is 15.9 Å². The molecule has 3 aromatic carbocycles. The third-order valence-corrected chi connectivity index (χ3v) is 6.88. The van der Waals surface area contributed by atoms with Crippen LogP contribution in [0.4, 0.5) is 11.4 Å². The highest BCUT2D eigenvalue weighted by atomic mass is 35.5. The fraction of sp³-hybridized carbons (Fsp3) is 0.231. The zero-order valence-electron chi connectivity index (χ0n) is 19.7. The molecule has 2 N–H and O–H groups in total. The fourth-order valence-electron chi connectivity index (χ4n) is 3.78. The first-order chi connectivity index (χ1) is 16.6. The Morgan fingerprint density at radius 3 is 2.26 bits per heavy atom. The number of carbonyl (C=O) groups is 2. The predicted molar refractivity (Wildman–Crippen MR) is 140 cm³/mol. The van der Waals surface area contributed by atoms with Gasteiger partial charge >= 0.3 is 0 Å². The minimum absolute atomic E-state index is 0.199. The van der Waals surface area contributed by atoms with Crippen molar-refractivity contribution in [1.82, 2.24) is 5.32 Å². The van der Waals surface area contributed by atoms with Crippen LogP contribution >= 0.6 is 11.6 Å². The number of hydrogen-bond acceptors (Lipinski definition) is 4. The maximum atomic E-state index is 13.3. The first-order valence-electron chi connectivity index (χ1n) is 11.1. The molecule has 0 aliphatic rings. The van der Waals surface area contributed by atoms with E-state index < -0.39 is 22.0 Å². The molecular formula is C26H28ClN3O4S. The van der Waals surface area contributed by atoms with Gasteiger partial charge in [0.1, 0.15) is 6.04 Å². The van der Waals surface area contributed by atoms with E-state index in [1.807, 2.05) is 37.3 Å². The number of hydrogen-bond donors (Lipinski definition) is 2. The summed E-state index contributed by atoms with van der Waals surface area (Å²) in [5.74, 6) is -0.922. The van der Waals surface area contributed by atoms with E-state index in [0.29, 0.717) is 5.02 Å². The Morgan fingerprint density at radius 2 is 1.63 bits per heavy atom. The summed E-state index contributed by atoms with van der Waals surface area (Å²) in [4.78, 5) is 26.4. The number of sulfonamides is 1. The molecule has 0 spiro atoms. The van der Waals surface area contributed by atoms with E-state index in [1.54, 1.807) is 49.4 Å². The van der Waals surface area contributed by atoms with Crippen LogP contribution in [0.2, 0.25) is 5.02 Å². The number of halogens is 1. The van der Waals surface area contributed by atoms with Crippen LogP contribution in [0.3, 0.4) is 0 Å². The number of benzene rings is 3. The van der Waals surface area contributed by atoms with Gasteiger partial charge in [0.2, 0.25) is 15.9 Å². The molecule has 0 bridgehead atoms. The van der Waals surface area contributed by atoms with Crippen LogP contribution < -0.4 is 14.9 Å². The number of para-hydroxylation sites is 1. The maximum absolute atomic E-state index is 13.3. The Hall–Kier alpha value is -3.36. The summed E-state index contributed by atoms with van der Waals surface area (Å²) in [6.07, 6.45) is 1.24. The summed E-state index contributed by atoms with van der Waals surface area (Å²) in [7, 11) is -3.82. The van der Waals surface area contributed by atoms with Gasteiger partial charge in [-0.05, 0) is 49.2 Å². The Kier molecular flexibility index (Phi) is 8.53. The van der Waals surface area contributed by atoms with Gasteiger partial charge in [-0.3, -0.25) is 13.9 Å². The molecule has 2 atom stereocenters. The molecule has 0 fully saturated rings. The van der Waals surface area contributed by atoms with Crippen molar-refractivity contribution in [1.29, 1.82) is 0 Å². The molecule has 184 valence electrons. The van der Waals surface area contributed by atoms with Gasteiger partial charge in [0.05, 0.1) is 29.2 Å². The van der Waals surface area contributed by atoms with E-state index >= 15 is 0 Å². The second kappa shape index (κ2) is 11.4. The van der Waals surface area contributed by atoms with Gasteiger partial charge in [-0.1, -0.05) is 67.1 Å². The number of nitrogens with zero attached hydrogens (tertiary/aromatic N) is 1. The first kappa shape index (κ1) is 26.2. The Labute approximate surface area is 211 Å².